The molecule has 248 valence electrons. The Bertz CT molecular complexity index is 1310. The van der Waals surface area contributed by atoms with Crippen LogP contribution in [0, 0.1) is 0 Å². The zero-order valence-corrected chi connectivity index (χ0v) is 28.5. The van der Waals surface area contributed by atoms with Crippen molar-refractivity contribution in [3.63, 3.8) is 0 Å². The molecule has 0 N–H and O–H groups in total. The van der Waals surface area contributed by atoms with Crippen LogP contribution < -0.4 is 4.90 Å². The van der Waals surface area contributed by atoms with Crippen LogP contribution in [0.4, 0.5) is 19.5 Å². The van der Waals surface area contributed by atoms with Gasteiger partial charge in [-0.25, -0.2) is 29.1 Å². The van der Waals surface area contributed by atoms with Crippen molar-refractivity contribution in [1.29, 1.82) is 0 Å². The van der Waals surface area contributed by atoms with E-state index in [9.17, 15) is 19.2 Å². The Hall–Kier alpha value is -4.20. The number of amides is 3. The van der Waals surface area contributed by atoms with Gasteiger partial charge in [0, 0.05) is 11.9 Å². The number of imide groups is 1. The van der Waals surface area contributed by atoms with Gasteiger partial charge in [-0.1, -0.05) is 35.5 Å². The summed E-state index contributed by atoms with van der Waals surface area (Å²) < 4.78 is 21.6. The first-order valence-corrected chi connectivity index (χ1v) is 15.3. The lowest BCUT2D eigenvalue weighted by molar-refractivity contribution is -0.135. The Morgan fingerprint density at radius 2 is 1.33 bits per heavy atom. The first-order valence-electron chi connectivity index (χ1n) is 14.4. The van der Waals surface area contributed by atoms with Gasteiger partial charge in [0.2, 0.25) is 5.71 Å². The molecule has 0 saturated heterocycles. The first kappa shape index (κ1) is 37.0. The van der Waals surface area contributed by atoms with Gasteiger partial charge in [0.25, 0.3) is 0 Å². The van der Waals surface area contributed by atoms with E-state index in [-0.39, 0.29) is 42.8 Å². The van der Waals surface area contributed by atoms with Gasteiger partial charge in [0.1, 0.15) is 29.1 Å². The molecule has 45 heavy (non-hydrogen) atoms. The first-order chi connectivity index (χ1) is 20.8. The lowest BCUT2D eigenvalue weighted by Gasteiger charge is -2.30. The van der Waals surface area contributed by atoms with E-state index in [0.717, 1.165) is 26.7 Å². The van der Waals surface area contributed by atoms with E-state index in [1.165, 1.54) is 5.38 Å². The van der Waals surface area contributed by atoms with Crippen LogP contribution in [0.1, 0.15) is 80.5 Å². The third kappa shape index (κ3) is 13.1. The number of thiazole rings is 1. The van der Waals surface area contributed by atoms with Crippen LogP contribution in [-0.4, -0.2) is 76.3 Å². The summed E-state index contributed by atoms with van der Waals surface area (Å²) in [7, 11) is 0. The van der Waals surface area contributed by atoms with Crippen molar-refractivity contribution < 1.29 is 43.0 Å². The molecule has 0 atom stereocenters. The van der Waals surface area contributed by atoms with Crippen molar-refractivity contribution in [1.82, 2.24) is 9.88 Å². The predicted molar refractivity (Wildman–Crippen MR) is 169 cm³/mol. The highest BCUT2D eigenvalue weighted by Crippen LogP contribution is 2.25. The molecule has 13 nitrogen and oxygen atoms in total. The summed E-state index contributed by atoms with van der Waals surface area (Å²) in [5, 5.41) is 5.61. The van der Waals surface area contributed by atoms with Crippen molar-refractivity contribution in [2.45, 2.75) is 92.6 Å². The number of nitrogens with zero attached hydrogens (tertiary/aromatic N) is 4. The second kappa shape index (κ2) is 15.7. The van der Waals surface area contributed by atoms with E-state index in [1.54, 1.807) is 69.2 Å². The monoisotopic (exact) mass is 648 g/mol. The highest BCUT2D eigenvalue weighted by atomic mass is 32.1. The number of benzene rings is 1. The van der Waals surface area contributed by atoms with Crippen LogP contribution in [0.15, 0.2) is 40.9 Å². The lowest BCUT2D eigenvalue weighted by atomic mass is 10.2. The van der Waals surface area contributed by atoms with Crippen molar-refractivity contribution >= 4 is 46.4 Å². The highest BCUT2D eigenvalue weighted by molar-refractivity contribution is 7.14. The molecule has 0 radical (unpaired) electrons. The Morgan fingerprint density at radius 1 is 0.800 bits per heavy atom. The molecule has 1 heterocycles. The van der Waals surface area contributed by atoms with Gasteiger partial charge in [-0.2, -0.15) is 0 Å². The Balaban J connectivity index is 2.43. The number of esters is 1. The number of aromatic nitrogens is 1. The molecule has 0 aliphatic heterocycles. The van der Waals surface area contributed by atoms with E-state index in [2.05, 4.69) is 10.1 Å². The van der Waals surface area contributed by atoms with Crippen molar-refractivity contribution in [2.75, 3.05) is 24.6 Å². The number of carbonyl (C=O) groups excluding carboxylic acids is 4. The van der Waals surface area contributed by atoms with E-state index in [4.69, 9.17) is 23.8 Å². The molecular formula is C31H44N4O9S. The van der Waals surface area contributed by atoms with Gasteiger partial charge in [-0.15, -0.1) is 11.3 Å². The zero-order chi connectivity index (χ0) is 34.0. The SMILES string of the molecule is CCOC(=O)/C(=N\OCc1ccccc1)c1csc(N(CCN(C(=O)OC(C)(C)C)C(=O)OC(C)(C)C)C(=O)OC(C)(C)C)n1. The van der Waals surface area contributed by atoms with Crippen LogP contribution in [0.25, 0.3) is 0 Å². The summed E-state index contributed by atoms with van der Waals surface area (Å²) in [5.41, 5.74) is -1.97. The number of anilines is 1. The van der Waals surface area contributed by atoms with Crippen LogP contribution in [0.3, 0.4) is 0 Å². The molecular weight excluding hydrogens is 604 g/mol. The summed E-state index contributed by atoms with van der Waals surface area (Å²) in [6.07, 6.45) is -2.70. The summed E-state index contributed by atoms with van der Waals surface area (Å²) in [5.74, 6) is -0.771. The molecule has 14 heteroatoms. The van der Waals surface area contributed by atoms with Crippen molar-refractivity contribution in [3.05, 3.63) is 47.0 Å². The maximum absolute atomic E-state index is 13.4. The second-order valence-corrected chi connectivity index (χ2v) is 13.5. The molecule has 0 unspecified atom stereocenters. The molecule has 1 aromatic carbocycles. The van der Waals surface area contributed by atoms with Gasteiger partial charge < -0.3 is 23.8 Å². The molecule has 2 aromatic rings. The number of carbonyl (C=O) groups is 4. The predicted octanol–water partition coefficient (Wildman–Crippen LogP) is 6.54. The van der Waals surface area contributed by atoms with E-state index < -0.39 is 41.1 Å². The molecule has 3 amide bonds. The molecule has 2 rings (SSSR count). The van der Waals surface area contributed by atoms with Gasteiger partial charge in [-0.05, 0) is 74.8 Å². The fourth-order valence-electron chi connectivity index (χ4n) is 3.30. The van der Waals surface area contributed by atoms with E-state index in [1.807, 2.05) is 30.3 Å². The third-order valence-electron chi connectivity index (χ3n) is 5.05. The Morgan fingerprint density at radius 3 is 1.84 bits per heavy atom. The molecule has 0 bridgehead atoms. The van der Waals surface area contributed by atoms with Gasteiger partial charge in [-0.3, -0.25) is 4.90 Å². The van der Waals surface area contributed by atoms with E-state index in [0.29, 0.717) is 0 Å². The molecule has 0 fully saturated rings. The summed E-state index contributed by atoms with van der Waals surface area (Å²) in [6.45, 7) is 16.3. The molecule has 0 saturated carbocycles. The minimum Gasteiger partial charge on any atom is -0.461 e. The maximum Gasteiger partial charge on any atom is 0.419 e. The molecule has 0 aliphatic carbocycles. The number of ether oxygens (including phenoxy) is 4. The Labute approximate surface area is 268 Å². The normalized spacial score (nSPS) is 12.2. The molecule has 0 aliphatic rings. The summed E-state index contributed by atoms with van der Waals surface area (Å²) in [6, 6.07) is 9.25. The van der Waals surface area contributed by atoms with Crippen LogP contribution in [0.5, 0.6) is 0 Å². The summed E-state index contributed by atoms with van der Waals surface area (Å²) in [4.78, 5) is 64.1. The zero-order valence-electron chi connectivity index (χ0n) is 27.7. The topological polar surface area (TPSA) is 146 Å². The fourth-order valence-corrected chi connectivity index (χ4v) is 4.13. The molecule has 0 spiro atoms. The summed E-state index contributed by atoms with van der Waals surface area (Å²) >= 11 is 1.01. The molecule has 1 aromatic heterocycles. The number of rotatable bonds is 10. The van der Waals surface area contributed by atoms with Gasteiger partial charge >= 0.3 is 24.2 Å². The standard InChI is InChI=1S/C31H44N4O9S/c1-11-40-24(36)23(33-41-19-21-15-13-12-14-16-21)22-20-45-25(32-22)34(26(37)42-29(2,3)4)17-18-35(27(38)43-30(5,6)7)28(39)44-31(8,9)10/h12-16,20H,11,17-19H2,1-10H3/b33-23-. The average molecular weight is 649 g/mol. The number of oxime groups is 1. The minimum absolute atomic E-state index is 0.0860. The maximum atomic E-state index is 13.4. The smallest absolute Gasteiger partial charge is 0.419 e. The number of hydrogen-bond donors (Lipinski definition) is 0. The second-order valence-electron chi connectivity index (χ2n) is 12.7. The third-order valence-corrected chi connectivity index (χ3v) is 5.92. The van der Waals surface area contributed by atoms with Crippen LogP contribution >= 0.6 is 11.3 Å². The minimum atomic E-state index is -0.951. The van der Waals surface area contributed by atoms with Crippen molar-refractivity contribution in [2.24, 2.45) is 5.16 Å². The van der Waals surface area contributed by atoms with Gasteiger partial charge in [0.05, 0.1) is 13.2 Å². The number of hydrogen-bond acceptors (Lipinski definition) is 12. The highest BCUT2D eigenvalue weighted by Gasteiger charge is 2.34. The lowest BCUT2D eigenvalue weighted by Crippen LogP contribution is -2.48. The van der Waals surface area contributed by atoms with Gasteiger partial charge in [0.15, 0.2) is 5.13 Å². The van der Waals surface area contributed by atoms with Crippen LogP contribution in [0.2, 0.25) is 0 Å². The van der Waals surface area contributed by atoms with Crippen LogP contribution in [-0.2, 0) is 35.2 Å². The average Bonchev–Trinajstić information content (AvgIpc) is 3.35. The van der Waals surface area contributed by atoms with Crippen molar-refractivity contribution in [3.8, 4) is 0 Å². The van der Waals surface area contributed by atoms with E-state index >= 15 is 0 Å². The largest absolute Gasteiger partial charge is 0.461 e. The fraction of sp³-hybridized carbons (Fsp3) is 0.548. The Kier molecular flexibility index (Phi) is 12.9. The quantitative estimate of drug-likeness (QED) is 0.120.